The van der Waals surface area contributed by atoms with E-state index < -0.39 is 229 Å². The SMILES string of the molecule is CC(=O)N[C@H]1[C@H](O[C@@H]2[C@@H](O)[C@H]3O[C@H]4[C@H](O)[C@@H](CO[C@H]5O[C@H](CO)[C@@H](O)[C@H](O)[C@H]5O)O[C@H](O[C@H]5[C@H](OC[C@H]6O[C@H](O[C@H]2[C@@H](CO)O3)[C@H](O)[C@@H](O)[C@@H]6O)O[C@@H](C)[C@H](O)[C@H]5O)[C@@H]4NC(C)=O)O[C@H](CO)[C@@H](O)[C@@H]1O. The number of rotatable bonds is 10. The van der Waals surface area contributed by atoms with Crippen molar-refractivity contribution in [2.24, 2.45) is 0 Å². The normalized spacial score (nSPS) is 51.9. The van der Waals surface area contributed by atoms with E-state index in [9.17, 15) is 86.2 Å². The summed E-state index contributed by atoms with van der Waals surface area (Å²) in [7, 11) is 0. The lowest BCUT2D eigenvalue weighted by atomic mass is 9.93. The summed E-state index contributed by atoms with van der Waals surface area (Å²) in [5, 5.41) is 169. The minimum Gasteiger partial charge on any atom is -0.394 e. The molecule has 0 spiro atoms. The molecule has 0 radical (unpaired) electrons. The molecule has 0 aliphatic carbocycles. The van der Waals surface area contributed by atoms with E-state index in [4.69, 9.17) is 56.8 Å². The molecule has 8 saturated heterocycles. The molecule has 0 saturated carbocycles. The smallest absolute Gasteiger partial charge is 0.217 e. The lowest BCUT2D eigenvalue weighted by Crippen LogP contribution is -2.71. The summed E-state index contributed by atoms with van der Waals surface area (Å²) in [4.78, 5) is 25.4. The third kappa shape index (κ3) is 11.8. The molecule has 0 unspecified atom stereocenters. The molecule has 17 N–H and O–H groups in total. The molecule has 30 atom stereocenters. The number of fused-ring (bicyclic) bond motifs is 3. The maximum atomic E-state index is 13.0. The predicted molar refractivity (Wildman–Crippen MR) is 218 cm³/mol. The van der Waals surface area contributed by atoms with Crippen LogP contribution >= 0.6 is 0 Å². The average molecular weight is 1040 g/mol. The van der Waals surface area contributed by atoms with Gasteiger partial charge in [0.15, 0.2) is 37.7 Å². The molecule has 71 heavy (non-hydrogen) atoms. The van der Waals surface area contributed by atoms with Crippen LogP contribution in [0.3, 0.4) is 0 Å². The Bertz CT molecular complexity index is 1750. The summed E-state index contributed by atoms with van der Waals surface area (Å²) in [5.74, 6) is -1.62. The molecule has 8 aliphatic heterocycles. The van der Waals surface area contributed by atoms with Crippen molar-refractivity contribution in [3.63, 3.8) is 0 Å². The minimum absolute atomic E-state index is 0.780. The second-order valence-corrected chi connectivity index (χ2v) is 18.4. The van der Waals surface area contributed by atoms with Gasteiger partial charge in [0.25, 0.3) is 0 Å². The van der Waals surface area contributed by atoms with Crippen LogP contribution in [0.4, 0.5) is 0 Å². The van der Waals surface area contributed by atoms with Crippen LogP contribution in [0.5, 0.6) is 0 Å². The van der Waals surface area contributed by atoms with Crippen LogP contribution < -0.4 is 10.6 Å². The van der Waals surface area contributed by atoms with Gasteiger partial charge in [0, 0.05) is 13.8 Å². The second-order valence-electron chi connectivity index (χ2n) is 18.4. The van der Waals surface area contributed by atoms with Crippen LogP contribution in [-0.2, 0) is 66.4 Å². The number of hydrogen-bond donors (Lipinski definition) is 17. The number of ether oxygens (including phenoxy) is 12. The van der Waals surface area contributed by atoms with Gasteiger partial charge >= 0.3 is 0 Å². The third-order valence-electron chi connectivity index (χ3n) is 13.4. The van der Waals surface area contributed by atoms with E-state index in [0.717, 1.165) is 13.8 Å². The average Bonchev–Trinajstić information content (AvgIpc) is 3.33. The van der Waals surface area contributed by atoms with E-state index in [2.05, 4.69) is 10.6 Å². The van der Waals surface area contributed by atoms with Crippen molar-refractivity contribution in [3.05, 3.63) is 0 Å². The lowest BCUT2D eigenvalue weighted by molar-refractivity contribution is -0.392. The van der Waals surface area contributed by atoms with Crippen LogP contribution in [0.1, 0.15) is 20.8 Å². The van der Waals surface area contributed by atoms with E-state index in [-0.39, 0.29) is 0 Å². The fraction of sp³-hybridized carbons (Fsp3) is 0.950. The first-order valence-electron chi connectivity index (χ1n) is 22.9. The number of carbonyl (C=O) groups excluding carboxylic acids is 2. The number of amides is 2. The van der Waals surface area contributed by atoms with Gasteiger partial charge in [0.05, 0.1) is 39.1 Å². The number of hydrogen-bond acceptors (Lipinski definition) is 29. The molecule has 0 aromatic heterocycles. The second kappa shape index (κ2) is 23.8. The maximum absolute atomic E-state index is 13.0. The fourth-order valence-corrected chi connectivity index (χ4v) is 9.43. The molecule has 8 heterocycles. The number of aliphatic hydroxyl groups is 15. The van der Waals surface area contributed by atoms with Crippen LogP contribution in [0, 0.1) is 0 Å². The maximum Gasteiger partial charge on any atom is 0.217 e. The molecular weight excluding hydrogens is 972 g/mol. The first-order valence-corrected chi connectivity index (χ1v) is 22.9. The summed E-state index contributed by atoms with van der Waals surface area (Å²) in [6, 6.07) is -3.43. The Labute approximate surface area is 403 Å². The zero-order valence-electron chi connectivity index (χ0n) is 38.3. The van der Waals surface area contributed by atoms with E-state index in [1.54, 1.807) is 0 Å². The van der Waals surface area contributed by atoms with Crippen molar-refractivity contribution >= 4 is 11.8 Å². The van der Waals surface area contributed by atoms with Crippen molar-refractivity contribution in [1.29, 1.82) is 0 Å². The van der Waals surface area contributed by atoms with E-state index >= 15 is 0 Å². The van der Waals surface area contributed by atoms with Gasteiger partial charge in [-0.25, -0.2) is 0 Å². The summed E-state index contributed by atoms with van der Waals surface area (Å²) in [6.07, 6.45) is -52.2. The first kappa shape index (κ1) is 56.6. The first-order chi connectivity index (χ1) is 33.6. The van der Waals surface area contributed by atoms with Gasteiger partial charge < -0.3 is 144 Å². The van der Waals surface area contributed by atoms with Gasteiger partial charge in [-0.3, -0.25) is 9.59 Å². The molecule has 2 amide bonds. The molecule has 8 fully saturated rings. The molecule has 0 aromatic carbocycles. The highest BCUT2D eigenvalue weighted by atomic mass is 16.8. The van der Waals surface area contributed by atoms with Gasteiger partial charge in [-0.05, 0) is 6.92 Å². The van der Waals surface area contributed by atoms with Gasteiger partial charge in [-0.15, -0.1) is 0 Å². The molecule has 8 rings (SSSR count). The zero-order chi connectivity index (χ0) is 51.9. The van der Waals surface area contributed by atoms with Gasteiger partial charge in [-0.1, -0.05) is 0 Å². The molecule has 31 heteroatoms. The van der Waals surface area contributed by atoms with E-state index in [0.29, 0.717) is 0 Å². The quantitative estimate of drug-likeness (QED) is 0.0966. The Morgan fingerprint density at radius 1 is 0.465 bits per heavy atom. The Kier molecular flexibility index (Phi) is 19.0. The van der Waals surface area contributed by atoms with Crippen molar-refractivity contribution in [2.45, 2.75) is 205 Å². The Balaban J connectivity index is 1.32. The Hall–Kier alpha value is -2.14. The van der Waals surface area contributed by atoms with Crippen molar-refractivity contribution in [2.75, 3.05) is 33.0 Å². The minimum atomic E-state index is -2.27. The van der Waals surface area contributed by atoms with E-state index in [1.165, 1.54) is 6.92 Å². The van der Waals surface area contributed by atoms with Crippen molar-refractivity contribution < 1.29 is 143 Å². The monoisotopic (exact) mass is 1040 g/mol. The third-order valence-corrected chi connectivity index (χ3v) is 13.4. The fourth-order valence-electron chi connectivity index (χ4n) is 9.43. The van der Waals surface area contributed by atoms with Gasteiger partial charge in [0.2, 0.25) is 11.8 Å². The molecule has 31 nitrogen and oxygen atoms in total. The summed E-state index contributed by atoms with van der Waals surface area (Å²) >= 11 is 0. The highest BCUT2D eigenvalue weighted by molar-refractivity contribution is 5.73. The van der Waals surface area contributed by atoms with E-state index in [1.807, 2.05) is 0 Å². The zero-order valence-corrected chi connectivity index (χ0v) is 38.3. The Morgan fingerprint density at radius 2 is 1.01 bits per heavy atom. The number of nitrogens with one attached hydrogen (secondary N) is 2. The lowest BCUT2D eigenvalue weighted by Gasteiger charge is -2.51. The van der Waals surface area contributed by atoms with Gasteiger partial charge in [-0.2, -0.15) is 0 Å². The van der Waals surface area contributed by atoms with Crippen LogP contribution in [0.2, 0.25) is 0 Å². The largest absolute Gasteiger partial charge is 0.394 e. The molecule has 410 valence electrons. The summed E-state index contributed by atoms with van der Waals surface area (Å²) in [5.41, 5.74) is 0. The van der Waals surface area contributed by atoms with Gasteiger partial charge in [0.1, 0.15) is 140 Å². The molecule has 8 aliphatic rings. The number of carbonyl (C=O) groups is 2. The molecule has 0 aromatic rings. The van der Waals surface area contributed by atoms with Crippen LogP contribution in [-0.4, -0.2) is 306 Å². The summed E-state index contributed by atoms with van der Waals surface area (Å²) in [6.45, 7) is -1.02. The van der Waals surface area contributed by atoms with Crippen molar-refractivity contribution in [3.8, 4) is 0 Å². The molecule has 6 bridgehead atoms. The highest BCUT2D eigenvalue weighted by Crippen LogP contribution is 2.38. The highest BCUT2D eigenvalue weighted by Gasteiger charge is 2.59. The number of aliphatic hydroxyl groups excluding tert-OH is 15. The van der Waals surface area contributed by atoms with Crippen LogP contribution in [0.15, 0.2) is 0 Å². The summed E-state index contributed by atoms with van der Waals surface area (Å²) < 4.78 is 71.6. The Morgan fingerprint density at radius 3 is 1.65 bits per heavy atom. The standard InChI is InChI=1S/C40H66N2O29/c1-9-19(48)27(56)34-40(62-9)61-7-15-22(51)26(55)29(58)38(67-15)68-31-14(6-45)65-39(30(59)33(31)70-35-17(41-10(2)46)24(53)20(49)12(4-43)63-35)69-32-18(42-11(3)47)36(71-34)66-16(23(32)52)8-60-37-28(57)25(54)21(50)13(5-44)64-37/h9,12-40,43-45,48-59H,4-8H2,1-3H3,(H,41,46)(H,42,47)/t9-,12+,13+,14+,15+,16+,17+,18+,19-,20+,21+,22+,23+,24+,25-,26-,27+,28+,29+,30+,31-,32+,33+,34+,35-,36+,37-,38+,39+,40+/m0/s1. The van der Waals surface area contributed by atoms with Crippen LogP contribution in [0.25, 0.3) is 0 Å². The predicted octanol–water partition coefficient (Wildman–Crippen LogP) is -11.7. The molecular formula is C40H66N2O29. The topological polar surface area (TPSA) is 472 Å². The van der Waals surface area contributed by atoms with Crippen molar-refractivity contribution in [1.82, 2.24) is 10.6 Å².